The largest absolute Gasteiger partial charge is 0.494 e. The Balaban J connectivity index is 1.51. The van der Waals surface area contributed by atoms with Gasteiger partial charge in [0.1, 0.15) is 11.4 Å². The topological polar surface area (TPSA) is 98.5 Å². The van der Waals surface area contributed by atoms with Crippen molar-refractivity contribution in [3.63, 3.8) is 0 Å². The van der Waals surface area contributed by atoms with E-state index in [0.717, 1.165) is 42.3 Å². The first-order valence-corrected chi connectivity index (χ1v) is 17.3. The van der Waals surface area contributed by atoms with Crippen molar-refractivity contribution in [3.05, 3.63) is 47.9 Å². The van der Waals surface area contributed by atoms with Crippen molar-refractivity contribution in [1.82, 2.24) is 14.8 Å². The first-order valence-electron chi connectivity index (χ1n) is 14.3. The molecule has 1 fully saturated rings. The number of fused-ring (bicyclic) bond motifs is 1. The zero-order valence-electron chi connectivity index (χ0n) is 25.4. The van der Waals surface area contributed by atoms with E-state index in [1.54, 1.807) is 13.2 Å². The molecular weight excluding hydrogens is 520 g/mol. The molecule has 1 amide bonds. The summed E-state index contributed by atoms with van der Waals surface area (Å²) in [5, 5.41) is 18.3. The van der Waals surface area contributed by atoms with Gasteiger partial charge in [0.05, 0.1) is 24.4 Å². The molecule has 1 aromatic carbocycles. The lowest BCUT2D eigenvalue weighted by Gasteiger charge is -2.39. The number of anilines is 1. The van der Waals surface area contributed by atoms with E-state index in [9.17, 15) is 9.90 Å². The van der Waals surface area contributed by atoms with Crippen LogP contribution < -0.4 is 10.1 Å². The third kappa shape index (κ3) is 6.58. The van der Waals surface area contributed by atoms with Gasteiger partial charge in [0.25, 0.3) is 5.91 Å². The molecular formula is C31H46N4O4Si. The lowest BCUT2D eigenvalue weighted by atomic mass is 9.87. The van der Waals surface area contributed by atoms with E-state index in [0.29, 0.717) is 35.7 Å². The second-order valence-electron chi connectivity index (χ2n) is 13.4. The van der Waals surface area contributed by atoms with Crippen LogP contribution in [0.25, 0.3) is 10.9 Å². The highest BCUT2D eigenvalue weighted by molar-refractivity contribution is 6.74. The number of benzene rings is 1. The van der Waals surface area contributed by atoms with Crippen LogP contribution >= 0.6 is 0 Å². The number of methoxy groups -OCH3 is 1. The molecule has 1 aliphatic rings. The number of amides is 1. The maximum absolute atomic E-state index is 13.4. The number of hydrogen-bond acceptors (Lipinski definition) is 6. The zero-order chi connectivity index (χ0) is 29.3. The Hall–Kier alpha value is -2.75. The fourth-order valence-corrected chi connectivity index (χ4v) is 6.05. The van der Waals surface area contributed by atoms with Crippen molar-refractivity contribution < 1.29 is 19.1 Å². The molecule has 2 N–H and O–H groups in total. The maximum Gasteiger partial charge on any atom is 0.274 e. The molecule has 2 heterocycles. The number of aromatic nitrogens is 3. The highest BCUT2D eigenvalue weighted by Gasteiger charge is 2.39. The minimum atomic E-state index is -1.92. The van der Waals surface area contributed by atoms with Crippen LogP contribution in [0.1, 0.15) is 82.5 Å². The van der Waals surface area contributed by atoms with Crippen molar-refractivity contribution >= 4 is 30.8 Å². The summed E-state index contributed by atoms with van der Waals surface area (Å²) in [6.07, 6.45) is 6.05. The molecule has 9 heteroatoms. The molecule has 4 rings (SSSR count). The average molecular weight is 567 g/mol. The average Bonchev–Trinajstić information content (AvgIpc) is 3.34. The Morgan fingerprint density at radius 2 is 1.82 bits per heavy atom. The van der Waals surface area contributed by atoms with Gasteiger partial charge >= 0.3 is 0 Å². The number of nitrogens with zero attached hydrogens (tertiary/aromatic N) is 3. The van der Waals surface area contributed by atoms with Gasteiger partial charge < -0.3 is 19.6 Å². The van der Waals surface area contributed by atoms with Crippen LogP contribution in [0.3, 0.4) is 0 Å². The highest BCUT2D eigenvalue weighted by Crippen LogP contribution is 2.38. The number of ether oxygens (including phenoxy) is 1. The minimum absolute atomic E-state index is 0.119. The van der Waals surface area contributed by atoms with Crippen LogP contribution in [0.2, 0.25) is 18.1 Å². The van der Waals surface area contributed by atoms with Gasteiger partial charge in [-0.25, -0.2) is 4.98 Å². The second kappa shape index (κ2) is 11.6. The molecule has 0 atom stereocenters. The quantitative estimate of drug-likeness (QED) is 0.279. The third-order valence-corrected chi connectivity index (χ3v) is 13.3. The Kier molecular flexibility index (Phi) is 8.78. The smallest absolute Gasteiger partial charge is 0.274 e. The van der Waals surface area contributed by atoms with Gasteiger partial charge in [-0.05, 0) is 67.9 Å². The van der Waals surface area contributed by atoms with Gasteiger partial charge in [0, 0.05) is 42.0 Å². The van der Waals surface area contributed by atoms with E-state index in [1.165, 1.54) is 0 Å². The number of pyridine rings is 1. The van der Waals surface area contributed by atoms with E-state index in [4.69, 9.17) is 19.2 Å². The van der Waals surface area contributed by atoms with Gasteiger partial charge in [-0.3, -0.25) is 9.48 Å². The summed E-state index contributed by atoms with van der Waals surface area (Å²) in [7, 11) is -0.328. The van der Waals surface area contributed by atoms with Crippen molar-refractivity contribution in [2.45, 2.75) is 89.9 Å². The number of carbonyl (C=O) groups excluding carboxylic acids is 1. The van der Waals surface area contributed by atoms with Gasteiger partial charge in [-0.15, -0.1) is 0 Å². The lowest BCUT2D eigenvalue weighted by molar-refractivity contribution is 0.102. The van der Waals surface area contributed by atoms with Gasteiger partial charge in [0.2, 0.25) is 0 Å². The number of carbonyl (C=O) groups is 1. The second-order valence-corrected chi connectivity index (χ2v) is 18.2. The summed E-state index contributed by atoms with van der Waals surface area (Å²) in [4.78, 5) is 18.1. The zero-order valence-corrected chi connectivity index (χ0v) is 26.4. The molecule has 8 nitrogen and oxygen atoms in total. The van der Waals surface area contributed by atoms with Crippen LogP contribution in [-0.2, 0) is 9.84 Å². The predicted octanol–water partition coefficient (Wildman–Crippen LogP) is 6.72. The third-order valence-electron chi connectivity index (χ3n) is 8.82. The lowest BCUT2D eigenvalue weighted by Crippen LogP contribution is -2.44. The molecule has 40 heavy (non-hydrogen) atoms. The van der Waals surface area contributed by atoms with Crippen molar-refractivity contribution in [2.24, 2.45) is 5.92 Å². The van der Waals surface area contributed by atoms with Crippen LogP contribution in [-0.4, -0.2) is 54.4 Å². The highest BCUT2D eigenvalue weighted by atomic mass is 28.4. The monoisotopic (exact) mass is 566 g/mol. The molecule has 0 unspecified atom stereocenters. The fraction of sp³-hybridized carbons (Fsp3) is 0.581. The van der Waals surface area contributed by atoms with Crippen molar-refractivity contribution in [2.75, 3.05) is 25.6 Å². The summed E-state index contributed by atoms with van der Waals surface area (Å²) in [6, 6.07) is 9.66. The number of aliphatic hydroxyl groups excluding tert-OH is 1. The molecule has 0 saturated heterocycles. The Bertz CT molecular complexity index is 1340. The summed E-state index contributed by atoms with van der Waals surface area (Å²) < 4.78 is 14.1. The maximum atomic E-state index is 13.4. The molecule has 218 valence electrons. The first-order chi connectivity index (χ1) is 18.7. The van der Waals surface area contributed by atoms with Crippen molar-refractivity contribution in [3.8, 4) is 5.75 Å². The fourth-order valence-electron chi connectivity index (χ4n) is 4.89. The van der Waals surface area contributed by atoms with Crippen LogP contribution in [0.15, 0.2) is 36.5 Å². The van der Waals surface area contributed by atoms with Crippen LogP contribution in [0.5, 0.6) is 5.75 Å². The van der Waals surface area contributed by atoms with Crippen LogP contribution in [0.4, 0.5) is 5.69 Å². The Morgan fingerprint density at radius 3 is 2.45 bits per heavy atom. The molecule has 2 aromatic heterocycles. The van der Waals surface area contributed by atoms with E-state index in [2.05, 4.69) is 53.0 Å². The first kappa shape index (κ1) is 30.2. The van der Waals surface area contributed by atoms with E-state index >= 15 is 0 Å². The molecule has 0 aliphatic heterocycles. The Labute approximate surface area is 239 Å². The van der Waals surface area contributed by atoms with Crippen LogP contribution in [0, 0.1) is 5.92 Å². The number of nitrogens with one attached hydrogen (secondary N) is 1. The van der Waals surface area contributed by atoms with Crippen molar-refractivity contribution in [1.29, 1.82) is 0 Å². The molecule has 1 saturated carbocycles. The Morgan fingerprint density at radius 1 is 1.12 bits per heavy atom. The summed E-state index contributed by atoms with van der Waals surface area (Å²) in [6.45, 7) is 16.2. The van der Waals surface area contributed by atoms with E-state index in [1.807, 2.05) is 35.1 Å². The SMILES string of the molecule is COc1cc2nn(C3CCC(CO)CC3)cc2cc1NC(=O)c1cccc(C(C)(C)CO[Si](C)(C)C(C)(C)C)n1. The molecule has 0 spiro atoms. The molecule has 0 bridgehead atoms. The van der Waals surface area contributed by atoms with E-state index in [-0.39, 0.29) is 23.0 Å². The minimum Gasteiger partial charge on any atom is -0.494 e. The summed E-state index contributed by atoms with van der Waals surface area (Å²) in [5.41, 5.74) is 2.21. The van der Waals surface area contributed by atoms with Gasteiger partial charge in [0.15, 0.2) is 8.32 Å². The standard InChI is InChI=1S/C31H46N4O4Si/c1-30(2,3)40(7,8)39-20-31(4,5)28-11-9-10-24(32-28)29(37)33-26-16-22-18-35(34-25(22)17-27(26)38-6)23-14-12-21(19-36)13-15-23/h9-11,16-18,21,23,36H,12-15,19-20H2,1-8H3,(H,33,37). The number of aliphatic hydroxyl groups is 1. The normalized spacial score (nSPS) is 18.6. The molecule has 3 aromatic rings. The van der Waals surface area contributed by atoms with E-state index < -0.39 is 8.32 Å². The molecule has 0 radical (unpaired) electrons. The number of rotatable bonds is 9. The summed E-state index contributed by atoms with van der Waals surface area (Å²) >= 11 is 0. The predicted molar refractivity (Wildman–Crippen MR) is 163 cm³/mol. The van der Waals surface area contributed by atoms with Gasteiger partial charge in [-0.1, -0.05) is 40.7 Å². The summed E-state index contributed by atoms with van der Waals surface area (Å²) in [5.74, 6) is 0.648. The van der Waals surface area contributed by atoms with Gasteiger partial charge in [-0.2, -0.15) is 5.10 Å². The number of hydrogen-bond donors (Lipinski definition) is 2. The molecule has 1 aliphatic carbocycles.